The van der Waals surface area contributed by atoms with E-state index in [0.29, 0.717) is 40.2 Å². The first-order valence-corrected chi connectivity index (χ1v) is 8.77. The van der Waals surface area contributed by atoms with Gasteiger partial charge in [0.15, 0.2) is 0 Å². The molecule has 0 aliphatic heterocycles. The fourth-order valence-corrected chi connectivity index (χ4v) is 2.25. The summed E-state index contributed by atoms with van der Waals surface area (Å²) in [7, 11) is 0. The van der Waals surface area contributed by atoms with Gasteiger partial charge in [-0.25, -0.2) is 0 Å². The van der Waals surface area contributed by atoms with Crippen LogP contribution in [0.15, 0.2) is 46.9 Å². The Morgan fingerprint density at radius 2 is 2.04 bits per heavy atom. The number of carbonyl (C=O) groups excluding carboxylic acids is 1. The summed E-state index contributed by atoms with van der Waals surface area (Å²) in [4.78, 5) is 16.8. The number of nitrogens with one attached hydrogen (secondary N) is 2. The standard InChI is InChI=1S/C18H24Cl2N4O/c1-4-8-22-17(12(3)10-21)18(25)24-16(5-2)23-11-13-6-7-14(19)15(20)9-13/h5-7,9-10,23H,4,8,11,21H2,1-3H3,(H,24,25)/b12-10-,16-5?,22-17?. The molecule has 0 unspecified atom stereocenters. The third-order valence-corrected chi connectivity index (χ3v) is 4.08. The molecule has 1 aromatic carbocycles. The maximum atomic E-state index is 12.5. The van der Waals surface area contributed by atoms with Gasteiger partial charge >= 0.3 is 0 Å². The summed E-state index contributed by atoms with van der Waals surface area (Å²) in [5, 5.41) is 6.96. The van der Waals surface area contributed by atoms with E-state index in [1.165, 1.54) is 6.20 Å². The summed E-state index contributed by atoms with van der Waals surface area (Å²) in [5.41, 5.74) is 7.44. The monoisotopic (exact) mass is 382 g/mol. The molecule has 1 aromatic rings. The van der Waals surface area contributed by atoms with Gasteiger partial charge in [-0.2, -0.15) is 0 Å². The molecule has 1 amide bonds. The van der Waals surface area contributed by atoms with Crippen LogP contribution >= 0.6 is 23.2 Å². The molecule has 25 heavy (non-hydrogen) atoms. The Hall–Kier alpha value is -1.98. The average Bonchev–Trinajstić information content (AvgIpc) is 2.61. The molecule has 5 nitrogen and oxygen atoms in total. The van der Waals surface area contributed by atoms with Gasteiger partial charge in [-0.1, -0.05) is 36.2 Å². The van der Waals surface area contributed by atoms with Crippen LogP contribution in [-0.4, -0.2) is 18.2 Å². The number of carbonyl (C=O) groups is 1. The maximum absolute atomic E-state index is 12.5. The number of nitrogens with two attached hydrogens (primary N) is 1. The topological polar surface area (TPSA) is 79.5 Å². The Morgan fingerprint density at radius 1 is 1.32 bits per heavy atom. The first-order valence-electron chi connectivity index (χ1n) is 8.01. The minimum Gasteiger partial charge on any atom is -0.404 e. The number of hydrogen-bond acceptors (Lipinski definition) is 4. The van der Waals surface area contributed by atoms with E-state index >= 15 is 0 Å². The minimum absolute atomic E-state index is 0.303. The second-order valence-corrected chi connectivity index (χ2v) is 6.15. The van der Waals surface area contributed by atoms with Crippen molar-refractivity contribution in [3.05, 3.63) is 57.5 Å². The fraction of sp³-hybridized carbons (Fsp3) is 0.333. The fourth-order valence-electron chi connectivity index (χ4n) is 1.92. The van der Waals surface area contributed by atoms with Crippen LogP contribution in [0.4, 0.5) is 0 Å². The van der Waals surface area contributed by atoms with Crippen molar-refractivity contribution >= 4 is 34.8 Å². The Labute approximate surface area is 159 Å². The van der Waals surface area contributed by atoms with Crippen LogP contribution in [0.5, 0.6) is 0 Å². The number of nitrogens with zero attached hydrogens (tertiary/aromatic N) is 1. The first-order chi connectivity index (χ1) is 11.9. The van der Waals surface area contributed by atoms with Crippen molar-refractivity contribution in [2.45, 2.75) is 33.7 Å². The number of rotatable bonds is 8. The molecule has 4 N–H and O–H groups in total. The van der Waals surface area contributed by atoms with Crippen LogP contribution in [0.3, 0.4) is 0 Å². The van der Waals surface area contributed by atoms with Gasteiger partial charge in [0, 0.05) is 13.1 Å². The quantitative estimate of drug-likeness (QED) is 0.598. The number of hydrogen-bond donors (Lipinski definition) is 3. The molecule has 0 bridgehead atoms. The third-order valence-electron chi connectivity index (χ3n) is 3.34. The van der Waals surface area contributed by atoms with Crippen LogP contribution in [-0.2, 0) is 11.3 Å². The minimum atomic E-state index is -0.303. The zero-order chi connectivity index (χ0) is 18.8. The second kappa shape index (κ2) is 10.8. The smallest absolute Gasteiger partial charge is 0.275 e. The number of amides is 1. The highest BCUT2D eigenvalue weighted by Gasteiger charge is 2.14. The van der Waals surface area contributed by atoms with Gasteiger partial charge in [0.1, 0.15) is 11.5 Å². The van der Waals surface area contributed by atoms with Crippen molar-refractivity contribution in [3.8, 4) is 0 Å². The van der Waals surface area contributed by atoms with E-state index in [0.717, 1.165) is 12.0 Å². The van der Waals surface area contributed by atoms with Gasteiger partial charge in [0.2, 0.25) is 0 Å². The molecule has 0 radical (unpaired) electrons. The highest BCUT2D eigenvalue weighted by molar-refractivity contribution is 6.45. The molecule has 0 saturated carbocycles. The summed E-state index contributed by atoms with van der Waals surface area (Å²) < 4.78 is 0. The van der Waals surface area contributed by atoms with E-state index in [-0.39, 0.29) is 5.91 Å². The van der Waals surface area contributed by atoms with E-state index in [9.17, 15) is 4.79 Å². The van der Waals surface area contributed by atoms with Crippen molar-refractivity contribution in [1.29, 1.82) is 0 Å². The Morgan fingerprint density at radius 3 is 2.60 bits per heavy atom. The van der Waals surface area contributed by atoms with E-state index in [1.807, 2.05) is 19.9 Å². The van der Waals surface area contributed by atoms with Crippen molar-refractivity contribution in [2.24, 2.45) is 10.7 Å². The Balaban J connectivity index is 2.76. The molecular formula is C18H24Cl2N4O. The predicted octanol–water partition coefficient (Wildman–Crippen LogP) is 3.77. The summed E-state index contributed by atoms with van der Waals surface area (Å²) in [6.07, 6.45) is 4.00. The third kappa shape index (κ3) is 6.80. The number of allylic oxidation sites excluding steroid dienone is 1. The second-order valence-electron chi connectivity index (χ2n) is 5.34. The van der Waals surface area contributed by atoms with Crippen LogP contribution < -0.4 is 16.4 Å². The SMILES string of the molecule is CC=C(NCc1ccc(Cl)c(Cl)c1)NC(=O)C(=NCCC)/C(C)=C\N. The van der Waals surface area contributed by atoms with Crippen molar-refractivity contribution in [2.75, 3.05) is 6.54 Å². The lowest BCUT2D eigenvalue weighted by atomic mass is 10.2. The van der Waals surface area contributed by atoms with Crippen LogP contribution in [0.1, 0.15) is 32.8 Å². The Kier molecular flexibility index (Phi) is 9.10. The highest BCUT2D eigenvalue weighted by atomic mass is 35.5. The Bertz CT molecular complexity index is 696. The molecular weight excluding hydrogens is 359 g/mol. The normalized spacial score (nSPS) is 12.9. The van der Waals surface area contributed by atoms with E-state index < -0.39 is 0 Å². The lowest BCUT2D eigenvalue weighted by Gasteiger charge is -2.14. The summed E-state index contributed by atoms with van der Waals surface area (Å²) in [6.45, 7) is 6.63. The van der Waals surface area contributed by atoms with Crippen LogP contribution in [0, 0.1) is 0 Å². The first kappa shape index (κ1) is 21.1. The molecule has 0 aromatic heterocycles. The molecule has 0 aliphatic carbocycles. The molecule has 0 saturated heterocycles. The van der Waals surface area contributed by atoms with E-state index in [4.69, 9.17) is 28.9 Å². The molecule has 0 fully saturated rings. The average molecular weight is 383 g/mol. The summed E-state index contributed by atoms with van der Waals surface area (Å²) in [5.74, 6) is 0.271. The number of halogens is 2. The van der Waals surface area contributed by atoms with Gasteiger partial charge in [-0.05, 0) is 55.8 Å². The van der Waals surface area contributed by atoms with Crippen molar-refractivity contribution in [1.82, 2.24) is 10.6 Å². The zero-order valence-corrected chi connectivity index (χ0v) is 16.2. The number of benzene rings is 1. The molecule has 1 rings (SSSR count). The van der Waals surface area contributed by atoms with Crippen LogP contribution in [0.2, 0.25) is 10.0 Å². The van der Waals surface area contributed by atoms with Gasteiger partial charge in [-0.3, -0.25) is 9.79 Å². The van der Waals surface area contributed by atoms with E-state index in [2.05, 4.69) is 15.6 Å². The summed E-state index contributed by atoms with van der Waals surface area (Å²) >= 11 is 11.9. The number of aliphatic imine (C=N–C) groups is 1. The highest BCUT2D eigenvalue weighted by Crippen LogP contribution is 2.22. The lowest BCUT2D eigenvalue weighted by molar-refractivity contribution is -0.114. The van der Waals surface area contributed by atoms with Gasteiger partial charge in [0.25, 0.3) is 5.91 Å². The molecule has 0 aliphatic rings. The van der Waals surface area contributed by atoms with Crippen molar-refractivity contribution < 1.29 is 4.79 Å². The molecule has 0 atom stereocenters. The largest absolute Gasteiger partial charge is 0.404 e. The molecule has 0 spiro atoms. The van der Waals surface area contributed by atoms with Gasteiger partial charge in [-0.15, -0.1) is 0 Å². The maximum Gasteiger partial charge on any atom is 0.275 e. The zero-order valence-electron chi connectivity index (χ0n) is 14.7. The van der Waals surface area contributed by atoms with Crippen molar-refractivity contribution in [3.63, 3.8) is 0 Å². The predicted molar refractivity (Wildman–Crippen MR) is 106 cm³/mol. The van der Waals surface area contributed by atoms with Gasteiger partial charge < -0.3 is 16.4 Å². The van der Waals surface area contributed by atoms with E-state index in [1.54, 1.807) is 25.1 Å². The molecule has 7 heteroatoms. The molecule has 0 heterocycles. The van der Waals surface area contributed by atoms with Crippen LogP contribution in [0.25, 0.3) is 0 Å². The summed E-state index contributed by atoms with van der Waals surface area (Å²) in [6, 6.07) is 5.38. The lowest BCUT2D eigenvalue weighted by Crippen LogP contribution is -2.36. The van der Waals surface area contributed by atoms with Gasteiger partial charge in [0.05, 0.1) is 10.0 Å². The molecule has 136 valence electrons.